The molecule has 0 radical (unpaired) electrons. The van der Waals surface area contributed by atoms with Gasteiger partial charge >= 0.3 is 0 Å². The summed E-state index contributed by atoms with van der Waals surface area (Å²) in [5.41, 5.74) is 1.15. The molecular formula is C26H48O4Si2. The van der Waals surface area contributed by atoms with Gasteiger partial charge in [-0.2, -0.15) is 0 Å². The first-order valence-corrected chi connectivity index (χ1v) is 18.0. The quantitative estimate of drug-likeness (QED) is 0.438. The third-order valence-corrected chi connectivity index (χ3v) is 16.9. The number of hydrogen-bond donors (Lipinski definition) is 1. The van der Waals surface area contributed by atoms with Gasteiger partial charge in [-0.15, -0.1) is 0 Å². The van der Waals surface area contributed by atoms with Crippen LogP contribution in [0.2, 0.25) is 36.3 Å². The highest BCUT2D eigenvalue weighted by atomic mass is 28.4. The van der Waals surface area contributed by atoms with E-state index in [1.54, 1.807) is 0 Å². The van der Waals surface area contributed by atoms with Crippen LogP contribution in [0, 0.1) is 5.92 Å². The summed E-state index contributed by atoms with van der Waals surface area (Å²) in [7, 11) is -4.24. The number of aliphatic hydroxyl groups is 1. The molecule has 1 saturated carbocycles. The van der Waals surface area contributed by atoms with E-state index in [1.165, 1.54) is 0 Å². The minimum atomic E-state index is -2.12. The zero-order valence-electron chi connectivity index (χ0n) is 22.4. The van der Waals surface area contributed by atoms with Gasteiger partial charge in [-0.3, -0.25) is 0 Å². The lowest BCUT2D eigenvalue weighted by Crippen LogP contribution is -2.63. The molecule has 184 valence electrons. The van der Waals surface area contributed by atoms with Crippen molar-refractivity contribution in [1.82, 2.24) is 0 Å². The highest BCUT2D eigenvalue weighted by Gasteiger charge is 2.52. The SMILES string of the molecule is C[C@@H]1C[C@@H](O)[C@@H](O[Si](C)(C)C(C)(C)C)[C@H](O[Si](C)(C)C(C)(C)C)[C@@H]1OCc1ccccc1. The normalized spacial score (nSPS) is 28.1. The Balaban J connectivity index is 2.39. The Bertz CT molecular complexity index is 722. The van der Waals surface area contributed by atoms with E-state index in [1.807, 2.05) is 18.2 Å². The number of ether oxygens (including phenoxy) is 1. The van der Waals surface area contributed by atoms with Gasteiger partial charge in [-0.1, -0.05) is 78.8 Å². The summed E-state index contributed by atoms with van der Waals surface area (Å²) in [6.07, 6.45) is -0.668. The average Bonchev–Trinajstić information content (AvgIpc) is 2.63. The van der Waals surface area contributed by atoms with Gasteiger partial charge in [0.2, 0.25) is 0 Å². The van der Waals surface area contributed by atoms with Crippen LogP contribution in [0.25, 0.3) is 0 Å². The molecule has 1 fully saturated rings. The van der Waals surface area contributed by atoms with Crippen molar-refractivity contribution in [2.24, 2.45) is 5.92 Å². The smallest absolute Gasteiger partial charge is 0.192 e. The first-order valence-electron chi connectivity index (χ1n) is 12.2. The average molecular weight is 481 g/mol. The summed E-state index contributed by atoms with van der Waals surface area (Å²) in [4.78, 5) is 0. The number of hydrogen-bond acceptors (Lipinski definition) is 4. The first-order chi connectivity index (χ1) is 14.5. The fourth-order valence-corrected chi connectivity index (χ4v) is 6.35. The van der Waals surface area contributed by atoms with Crippen LogP contribution in [0.5, 0.6) is 0 Å². The molecule has 0 saturated heterocycles. The van der Waals surface area contributed by atoms with Crippen LogP contribution in [0.15, 0.2) is 30.3 Å². The lowest BCUT2D eigenvalue weighted by Gasteiger charge is -2.51. The molecule has 1 aliphatic rings. The predicted octanol–water partition coefficient (Wildman–Crippen LogP) is 6.75. The van der Waals surface area contributed by atoms with Crippen molar-refractivity contribution in [3.63, 3.8) is 0 Å². The van der Waals surface area contributed by atoms with E-state index in [4.69, 9.17) is 13.6 Å². The van der Waals surface area contributed by atoms with Gasteiger partial charge in [0.05, 0.1) is 31.0 Å². The third kappa shape index (κ3) is 6.54. The molecule has 0 spiro atoms. The lowest BCUT2D eigenvalue weighted by atomic mass is 9.82. The lowest BCUT2D eigenvalue weighted by molar-refractivity contribution is -0.166. The standard InChI is InChI=1S/C26H48O4Si2/c1-19-17-21(27)23(29-31(8,9)25(2,3)4)24(30-32(10,11)26(5,6)7)22(19)28-18-20-15-13-12-14-16-20/h12-16,19,21-24,27H,17-18H2,1-11H3/t19-,21-,22-,23-,24-/m1/s1. The van der Waals surface area contributed by atoms with E-state index >= 15 is 0 Å². The van der Waals surface area contributed by atoms with Crippen LogP contribution >= 0.6 is 0 Å². The number of benzene rings is 1. The highest BCUT2D eigenvalue weighted by molar-refractivity contribution is 6.74. The van der Waals surface area contributed by atoms with Crippen molar-refractivity contribution >= 4 is 16.6 Å². The molecule has 0 unspecified atom stereocenters. The van der Waals surface area contributed by atoms with Gasteiger partial charge in [0.1, 0.15) is 0 Å². The fraction of sp³-hybridized carbons (Fsp3) is 0.769. The predicted molar refractivity (Wildman–Crippen MR) is 139 cm³/mol. The van der Waals surface area contributed by atoms with Crippen LogP contribution in [-0.2, 0) is 20.2 Å². The minimum absolute atomic E-state index is 0.0533. The van der Waals surface area contributed by atoms with Crippen LogP contribution in [0.1, 0.15) is 60.5 Å². The number of aliphatic hydroxyl groups excluding tert-OH is 1. The monoisotopic (exact) mass is 480 g/mol. The first kappa shape index (κ1) is 27.7. The van der Waals surface area contributed by atoms with E-state index in [2.05, 4.69) is 86.8 Å². The van der Waals surface area contributed by atoms with Gasteiger partial charge in [0.25, 0.3) is 0 Å². The molecule has 0 bridgehead atoms. The van der Waals surface area contributed by atoms with Gasteiger partial charge in [0, 0.05) is 0 Å². The van der Waals surface area contributed by atoms with Crippen LogP contribution < -0.4 is 0 Å². The van der Waals surface area contributed by atoms with Gasteiger partial charge in [0.15, 0.2) is 16.6 Å². The second-order valence-electron chi connectivity index (χ2n) is 12.7. The van der Waals surface area contributed by atoms with Gasteiger partial charge in [-0.05, 0) is 54.2 Å². The van der Waals surface area contributed by atoms with Crippen LogP contribution in [0.3, 0.4) is 0 Å². The largest absolute Gasteiger partial charge is 0.409 e. The molecule has 0 aromatic heterocycles. The second kappa shape index (κ2) is 10.0. The van der Waals surface area contributed by atoms with Crippen molar-refractivity contribution in [3.8, 4) is 0 Å². The Morgan fingerprint density at radius 1 is 0.812 bits per heavy atom. The Morgan fingerprint density at radius 3 is 1.75 bits per heavy atom. The summed E-state index contributed by atoms with van der Waals surface area (Å²) < 4.78 is 20.4. The molecule has 1 aromatic carbocycles. The maximum atomic E-state index is 11.2. The zero-order chi connectivity index (χ0) is 24.5. The molecule has 1 aliphatic carbocycles. The summed E-state index contributed by atoms with van der Waals surface area (Å²) in [6.45, 7) is 25.2. The Labute approximate surface area is 199 Å². The Morgan fingerprint density at radius 2 is 1.28 bits per heavy atom. The van der Waals surface area contributed by atoms with E-state index < -0.39 is 22.7 Å². The minimum Gasteiger partial charge on any atom is -0.409 e. The molecule has 0 heterocycles. The van der Waals surface area contributed by atoms with Crippen molar-refractivity contribution < 1.29 is 18.7 Å². The zero-order valence-corrected chi connectivity index (χ0v) is 24.4. The summed E-state index contributed by atoms with van der Waals surface area (Å²) in [5, 5.41) is 11.3. The van der Waals surface area contributed by atoms with E-state index in [0.717, 1.165) is 5.56 Å². The van der Waals surface area contributed by atoms with E-state index in [9.17, 15) is 5.11 Å². The summed E-state index contributed by atoms with van der Waals surface area (Å²) >= 11 is 0. The molecule has 32 heavy (non-hydrogen) atoms. The third-order valence-electron chi connectivity index (χ3n) is 7.96. The molecule has 0 aliphatic heterocycles. The molecular weight excluding hydrogens is 432 g/mol. The highest BCUT2D eigenvalue weighted by Crippen LogP contribution is 2.44. The van der Waals surface area contributed by atoms with Crippen molar-refractivity contribution in [3.05, 3.63) is 35.9 Å². The Hall–Kier alpha value is -0.506. The molecule has 0 amide bonds. The number of rotatable bonds is 7. The van der Waals surface area contributed by atoms with Crippen LogP contribution in [-0.4, -0.2) is 46.2 Å². The Kier molecular flexibility index (Phi) is 8.67. The van der Waals surface area contributed by atoms with Crippen molar-refractivity contribution in [2.45, 2.75) is 122 Å². The molecule has 1 aromatic rings. The topological polar surface area (TPSA) is 47.9 Å². The van der Waals surface area contributed by atoms with E-state index in [0.29, 0.717) is 13.0 Å². The molecule has 5 atom stereocenters. The molecule has 4 nitrogen and oxygen atoms in total. The maximum absolute atomic E-state index is 11.2. The van der Waals surface area contributed by atoms with Crippen molar-refractivity contribution in [1.29, 1.82) is 0 Å². The maximum Gasteiger partial charge on any atom is 0.192 e. The van der Waals surface area contributed by atoms with Gasteiger partial charge in [-0.25, -0.2) is 0 Å². The summed E-state index contributed by atoms with van der Waals surface area (Å²) in [5.74, 6) is 0.183. The molecule has 2 rings (SSSR count). The fourth-order valence-electron chi connectivity index (χ4n) is 3.72. The van der Waals surface area contributed by atoms with E-state index in [-0.39, 0.29) is 34.3 Å². The van der Waals surface area contributed by atoms with Gasteiger partial charge < -0.3 is 18.7 Å². The molecule has 1 N–H and O–H groups in total. The second-order valence-corrected chi connectivity index (χ2v) is 22.2. The van der Waals surface area contributed by atoms with Crippen molar-refractivity contribution in [2.75, 3.05) is 0 Å². The summed E-state index contributed by atoms with van der Waals surface area (Å²) in [6, 6.07) is 10.3. The molecule has 6 heteroatoms. The van der Waals surface area contributed by atoms with Crippen LogP contribution in [0.4, 0.5) is 0 Å².